The van der Waals surface area contributed by atoms with Gasteiger partial charge in [-0.2, -0.15) is 0 Å². The van der Waals surface area contributed by atoms with Gasteiger partial charge in [0.25, 0.3) is 0 Å². The van der Waals surface area contributed by atoms with Gasteiger partial charge in [0.15, 0.2) is 0 Å². The fourth-order valence-corrected chi connectivity index (χ4v) is 1.88. The fourth-order valence-electron chi connectivity index (χ4n) is 1.88. The van der Waals surface area contributed by atoms with Crippen molar-refractivity contribution in [1.82, 2.24) is 0 Å². The van der Waals surface area contributed by atoms with Gasteiger partial charge in [-0.3, -0.25) is 0 Å². The van der Waals surface area contributed by atoms with Gasteiger partial charge in [-0.05, 0) is 23.3 Å². The summed E-state index contributed by atoms with van der Waals surface area (Å²) in [7, 11) is 0. The number of aromatic carboxylic acids is 1. The minimum absolute atomic E-state index is 0.188. The zero-order valence-electron chi connectivity index (χ0n) is 8.84. The summed E-state index contributed by atoms with van der Waals surface area (Å²) in [5.74, 6) is -1.01. The third-order valence-corrected chi connectivity index (χ3v) is 2.63. The molecule has 0 aliphatic rings. The number of aliphatic hydroxyl groups is 1. The zero-order valence-corrected chi connectivity index (χ0v) is 8.84. The molecule has 2 aromatic rings. The molecule has 0 fully saturated rings. The fraction of sp³-hybridized carbons (Fsp3) is 0.154. The molecule has 0 amide bonds. The van der Waals surface area contributed by atoms with Crippen LogP contribution in [0.25, 0.3) is 10.8 Å². The van der Waals surface area contributed by atoms with Crippen molar-refractivity contribution in [3.05, 3.63) is 47.5 Å². The van der Waals surface area contributed by atoms with Gasteiger partial charge in [0.1, 0.15) is 0 Å². The van der Waals surface area contributed by atoms with E-state index in [2.05, 4.69) is 0 Å². The lowest BCUT2D eigenvalue weighted by molar-refractivity contribution is 0.0692. The molecule has 0 spiro atoms. The maximum absolute atomic E-state index is 11.2. The molecule has 2 N–H and O–H groups in total. The van der Waals surface area contributed by atoms with E-state index < -0.39 is 12.1 Å². The molecule has 2 aromatic carbocycles. The van der Waals surface area contributed by atoms with Crippen LogP contribution in [-0.4, -0.2) is 16.2 Å². The lowest BCUT2D eigenvalue weighted by atomic mass is 9.96. The van der Waals surface area contributed by atoms with Crippen LogP contribution in [0, 0.1) is 0 Å². The van der Waals surface area contributed by atoms with Crippen molar-refractivity contribution in [2.45, 2.75) is 13.0 Å². The van der Waals surface area contributed by atoms with Crippen LogP contribution in [0.3, 0.4) is 0 Å². The van der Waals surface area contributed by atoms with Crippen molar-refractivity contribution in [3.8, 4) is 0 Å². The van der Waals surface area contributed by atoms with E-state index in [1.165, 1.54) is 0 Å². The second-order valence-corrected chi connectivity index (χ2v) is 3.73. The van der Waals surface area contributed by atoms with E-state index in [4.69, 9.17) is 0 Å². The number of aliphatic hydroxyl groups excluding tert-OH is 1. The van der Waals surface area contributed by atoms with Gasteiger partial charge in [0.2, 0.25) is 0 Å². The first-order chi connectivity index (χ1) is 7.61. The summed E-state index contributed by atoms with van der Waals surface area (Å²) in [5.41, 5.74) is 0.638. The third-order valence-electron chi connectivity index (χ3n) is 2.63. The summed E-state index contributed by atoms with van der Waals surface area (Å²) in [5, 5.41) is 20.3. The number of carbonyl (C=O) groups is 1. The minimum Gasteiger partial charge on any atom is -0.478 e. The third kappa shape index (κ3) is 1.66. The monoisotopic (exact) mass is 216 g/mol. The van der Waals surface area contributed by atoms with E-state index in [0.717, 1.165) is 5.39 Å². The number of hydrogen-bond donors (Lipinski definition) is 2. The molecule has 0 bridgehead atoms. The highest BCUT2D eigenvalue weighted by atomic mass is 16.4. The predicted molar refractivity (Wildman–Crippen MR) is 61.5 cm³/mol. The molecule has 2 rings (SSSR count). The lowest BCUT2D eigenvalue weighted by Crippen LogP contribution is -2.06. The summed E-state index contributed by atoms with van der Waals surface area (Å²) in [6.07, 6.45) is -0.782. The largest absolute Gasteiger partial charge is 0.478 e. The molecule has 0 saturated carbocycles. The van der Waals surface area contributed by atoms with Gasteiger partial charge < -0.3 is 10.2 Å². The Morgan fingerprint density at radius 1 is 1.19 bits per heavy atom. The van der Waals surface area contributed by atoms with E-state index in [1.807, 2.05) is 18.2 Å². The SMILES string of the molecule is C[C@@H](O)c1ccc2ccccc2c1C(=O)O. The Hall–Kier alpha value is -1.87. The van der Waals surface area contributed by atoms with E-state index in [1.54, 1.807) is 25.1 Å². The van der Waals surface area contributed by atoms with Crippen LogP contribution in [0.15, 0.2) is 36.4 Å². The smallest absolute Gasteiger partial charge is 0.336 e. The van der Waals surface area contributed by atoms with Crippen molar-refractivity contribution >= 4 is 16.7 Å². The number of hydrogen-bond acceptors (Lipinski definition) is 2. The van der Waals surface area contributed by atoms with Crippen molar-refractivity contribution in [1.29, 1.82) is 0 Å². The number of fused-ring (bicyclic) bond motifs is 1. The van der Waals surface area contributed by atoms with Crippen molar-refractivity contribution < 1.29 is 15.0 Å². The summed E-state index contributed by atoms with van der Waals surface area (Å²) < 4.78 is 0. The molecule has 0 unspecified atom stereocenters. The molecular weight excluding hydrogens is 204 g/mol. The molecule has 0 aliphatic carbocycles. The van der Waals surface area contributed by atoms with E-state index >= 15 is 0 Å². The van der Waals surface area contributed by atoms with Crippen LogP contribution in [0.5, 0.6) is 0 Å². The second-order valence-electron chi connectivity index (χ2n) is 3.73. The Kier molecular flexibility index (Phi) is 2.62. The Morgan fingerprint density at radius 2 is 1.88 bits per heavy atom. The van der Waals surface area contributed by atoms with Crippen LogP contribution in [-0.2, 0) is 0 Å². The second kappa shape index (κ2) is 3.94. The van der Waals surface area contributed by atoms with E-state index in [0.29, 0.717) is 10.9 Å². The quantitative estimate of drug-likeness (QED) is 0.811. The van der Waals surface area contributed by atoms with Crippen LogP contribution >= 0.6 is 0 Å². The van der Waals surface area contributed by atoms with Gasteiger partial charge in [-0.1, -0.05) is 36.4 Å². The average molecular weight is 216 g/mol. The molecule has 0 radical (unpaired) electrons. The summed E-state index contributed by atoms with van der Waals surface area (Å²) in [6.45, 7) is 1.57. The summed E-state index contributed by atoms with van der Waals surface area (Å²) in [4.78, 5) is 11.2. The molecule has 0 heterocycles. The molecule has 82 valence electrons. The normalized spacial score (nSPS) is 12.6. The van der Waals surface area contributed by atoms with Crippen LogP contribution in [0.2, 0.25) is 0 Å². The van der Waals surface area contributed by atoms with Gasteiger partial charge in [0.05, 0.1) is 11.7 Å². The van der Waals surface area contributed by atoms with Gasteiger partial charge in [-0.15, -0.1) is 0 Å². The van der Waals surface area contributed by atoms with Crippen molar-refractivity contribution in [2.75, 3.05) is 0 Å². The van der Waals surface area contributed by atoms with Crippen LogP contribution in [0.1, 0.15) is 28.9 Å². The number of benzene rings is 2. The molecular formula is C13H12O3. The van der Waals surface area contributed by atoms with Crippen molar-refractivity contribution in [2.24, 2.45) is 0 Å². The minimum atomic E-state index is -1.01. The Bertz CT molecular complexity index is 544. The van der Waals surface area contributed by atoms with Gasteiger partial charge in [-0.25, -0.2) is 4.79 Å². The average Bonchev–Trinajstić information content (AvgIpc) is 2.27. The predicted octanol–water partition coefficient (Wildman–Crippen LogP) is 2.59. The molecule has 0 aliphatic heterocycles. The highest BCUT2D eigenvalue weighted by Crippen LogP contribution is 2.26. The first-order valence-electron chi connectivity index (χ1n) is 5.04. The highest BCUT2D eigenvalue weighted by Gasteiger charge is 2.16. The molecule has 3 nitrogen and oxygen atoms in total. The summed E-state index contributed by atoms with van der Waals surface area (Å²) >= 11 is 0. The molecule has 0 aromatic heterocycles. The Labute approximate surface area is 93.0 Å². The van der Waals surface area contributed by atoms with Crippen LogP contribution in [0.4, 0.5) is 0 Å². The first-order valence-corrected chi connectivity index (χ1v) is 5.04. The Balaban J connectivity index is 2.84. The van der Waals surface area contributed by atoms with Crippen molar-refractivity contribution in [3.63, 3.8) is 0 Å². The lowest BCUT2D eigenvalue weighted by Gasteiger charge is -2.11. The molecule has 16 heavy (non-hydrogen) atoms. The first kappa shape index (κ1) is 10.6. The maximum Gasteiger partial charge on any atom is 0.336 e. The van der Waals surface area contributed by atoms with Gasteiger partial charge >= 0.3 is 5.97 Å². The number of carboxylic acid groups (broad SMARTS) is 1. The maximum atomic E-state index is 11.2. The summed E-state index contributed by atoms with van der Waals surface area (Å²) in [6, 6.07) is 10.7. The molecule has 0 saturated heterocycles. The molecule has 1 atom stereocenters. The number of rotatable bonds is 2. The zero-order chi connectivity index (χ0) is 11.7. The van der Waals surface area contributed by atoms with E-state index in [-0.39, 0.29) is 5.56 Å². The highest BCUT2D eigenvalue weighted by molar-refractivity contribution is 6.05. The van der Waals surface area contributed by atoms with Gasteiger partial charge in [0, 0.05) is 0 Å². The number of carboxylic acids is 1. The standard InChI is InChI=1S/C13H12O3/c1-8(14)10-7-6-9-4-2-3-5-11(9)12(10)13(15)16/h2-8,14H,1H3,(H,15,16)/t8-/m1/s1. The molecule has 3 heteroatoms. The topological polar surface area (TPSA) is 57.5 Å². The van der Waals surface area contributed by atoms with Crippen LogP contribution < -0.4 is 0 Å². The Morgan fingerprint density at radius 3 is 2.50 bits per heavy atom. The van der Waals surface area contributed by atoms with E-state index in [9.17, 15) is 15.0 Å².